The number of aromatic nitrogens is 1. The first-order valence-corrected chi connectivity index (χ1v) is 10.1. The molecule has 6 nitrogen and oxygen atoms in total. The van der Waals surface area contributed by atoms with E-state index in [9.17, 15) is 14.7 Å². The summed E-state index contributed by atoms with van der Waals surface area (Å²) in [4.78, 5) is 23.2. The maximum Gasteiger partial charge on any atom is 0.352 e. The first-order chi connectivity index (χ1) is 15.0. The van der Waals surface area contributed by atoms with Crippen LogP contribution in [0.2, 0.25) is 0 Å². The summed E-state index contributed by atoms with van der Waals surface area (Å²) in [5.74, 6) is -0.679. The monoisotopic (exact) mass is 412 g/mol. The molecule has 0 aliphatic heterocycles. The summed E-state index contributed by atoms with van der Waals surface area (Å²) in [5.41, 5.74) is 9.33. The van der Waals surface area contributed by atoms with Crippen molar-refractivity contribution in [3.8, 4) is 22.6 Å². The molecule has 1 aliphatic rings. The SMILES string of the molecule is NC(=O)c1ccc(-c2ccc3c(c2)cc(C(=O)O)n3-c2ccc(OC3CC3)cc2)cc1. The van der Waals surface area contributed by atoms with E-state index < -0.39 is 11.9 Å². The molecule has 6 heteroatoms. The van der Waals surface area contributed by atoms with Crippen molar-refractivity contribution in [3.63, 3.8) is 0 Å². The summed E-state index contributed by atoms with van der Waals surface area (Å²) >= 11 is 0. The molecule has 1 amide bonds. The Morgan fingerprint density at radius 3 is 2.19 bits per heavy atom. The average molecular weight is 412 g/mol. The van der Waals surface area contributed by atoms with Crippen LogP contribution in [-0.2, 0) is 0 Å². The van der Waals surface area contributed by atoms with Gasteiger partial charge in [0.25, 0.3) is 0 Å². The Balaban J connectivity index is 1.55. The number of carboxylic acids is 1. The second-order valence-electron chi connectivity index (χ2n) is 7.70. The van der Waals surface area contributed by atoms with E-state index in [-0.39, 0.29) is 5.69 Å². The van der Waals surface area contributed by atoms with Crippen molar-refractivity contribution < 1.29 is 19.4 Å². The molecule has 0 bridgehead atoms. The van der Waals surface area contributed by atoms with Gasteiger partial charge in [-0.25, -0.2) is 4.79 Å². The quantitative estimate of drug-likeness (QED) is 0.482. The van der Waals surface area contributed by atoms with Crippen LogP contribution < -0.4 is 10.5 Å². The number of carbonyl (C=O) groups is 2. The molecule has 1 saturated carbocycles. The molecular weight excluding hydrogens is 392 g/mol. The molecule has 0 saturated heterocycles. The summed E-state index contributed by atoms with van der Waals surface area (Å²) in [5, 5.41) is 10.6. The van der Waals surface area contributed by atoms with Gasteiger partial charge in [0.15, 0.2) is 0 Å². The number of nitrogens with two attached hydrogens (primary N) is 1. The highest BCUT2D eigenvalue weighted by molar-refractivity contribution is 5.98. The van der Waals surface area contributed by atoms with Crippen molar-refractivity contribution in [2.75, 3.05) is 0 Å². The number of aromatic carboxylic acids is 1. The number of carboxylic acid groups (broad SMARTS) is 1. The number of ether oxygens (including phenoxy) is 1. The lowest BCUT2D eigenvalue weighted by molar-refractivity contribution is 0.0688. The Hall–Kier alpha value is -4.06. The van der Waals surface area contributed by atoms with E-state index in [1.807, 2.05) is 54.6 Å². The number of benzene rings is 3. The normalized spacial score (nSPS) is 13.3. The molecule has 154 valence electrons. The molecule has 1 aliphatic carbocycles. The Labute approximate surface area is 178 Å². The zero-order valence-electron chi connectivity index (χ0n) is 16.6. The van der Waals surface area contributed by atoms with Gasteiger partial charge in [-0.3, -0.25) is 4.79 Å². The third kappa shape index (κ3) is 3.64. The number of primary amides is 1. The standard InChI is InChI=1S/C25H20N2O4/c26-24(28)16-3-1-15(2-4-16)17-5-12-22-18(13-17)14-23(25(29)30)27(22)19-6-8-20(9-7-19)31-21-10-11-21/h1-9,12-14,21H,10-11H2,(H2,26,28)(H,29,30). The topological polar surface area (TPSA) is 94.5 Å². The van der Waals surface area contributed by atoms with E-state index in [2.05, 4.69) is 0 Å². The molecule has 5 rings (SSSR count). The fraction of sp³-hybridized carbons (Fsp3) is 0.120. The van der Waals surface area contributed by atoms with Crippen molar-refractivity contribution >= 4 is 22.8 Å². The smallest absolute Gasteiger partial charge is 0.352 e. The molecule has 0 unspecified atom stereocenters. The van der Waals surface area contributed by atoms with E-state index in [1.54, 1.807) is 22.8 Å². The fourth-order valence-electron chi connectivity index (χ4n) is 3.71. The van der Waals surface area contributed by atoms with Gasteiger partial charge in [-0.1, -0.05) is 18.2 Å². The first kappa shape index (κ1) is 18.9. The van der Waals surface area contributed by atoms with Gasteiger partial charge in [-0.05, 0) is 78.6 Å². The number of hydrogen-bond donors (Lipinski definition) is 2. The van der Waals surface area contributed by atoms with Gasteiger partial charge in [0.1, 0.15) is 11.4 Å². The summed E-state index contributed by atoms with van der Waals surface area (Å²) in [6.45, 7) is 0. The number of nitrogens with zero attached hydrogens (tertiary/aromatic N) is 1. The van der Waals surface area contributed by atoms with Gasteiger partial charge in [0.05, 0.1) is 11.6 Å². The van der Waals surface area contributed by atoms with Crippen LogP contribution in [0.3, 0.4) is 0 Å². The molecular formula is C25H20N2O4. The number of fused-ring (bicyclic) bond motifs is 1. The van der Waals surface area contributed by atoms with Crippen molar-refractivity contribution in [2.24, 2.45) is 5.73 Å². The van der Waals surface area contributed by atoms with Crippen LogP contribution in [0.1, 0.15) is 33.7 Å². The average Bonchev–Trinajstić information content (AvgIpc) is 3.50. The Morgan fingerprint density at radius 2 is 1.58 bits per heavy atom. The molecule has 0 atom stereocenters. The molecule has 1 heterocycles. The van der Waals surface area contributed by atoms with Gasteiger partial charge in [0, 0.05) is 16.6 Å². The third-order valence-electron chi connectivity index (χ3n) is 5.45. The van der Waals surface area contributed by atoms with E-state index in [1.165, 1.54) is 0 Å². The predicted molar refractivity (Wildman–Crippen MR) is 118 cm³/mol. The molecule has 1 aromatic heterocycles. The summed E-state index contributed by atoms with van der Waals surface area (Å²) in [6.07, 6.45) is 2.48. The van der Waals surface area contributed by atoms with E-state index in [0.29, 0.717) is 11.7 Å². The minimum atomic E-state index is -0.998. The highest BCUT2D eigenvalue weighted by Gasteiger charge is 2.23. The Bertz CT molecular complexity index is 1300. The van der Waals surface area contributed by atoms with Gasteiger partial charge >= 0.3 is 5.97 Å². The molecule has 1 fully saturated rings. The first-order valence-electron chi connectivity index (χ1n) is 10.1. The maximum atomic E-state index is 12.0. The van der Waals surface area contributed by atoms with Crippen molar-refractivity contribution in [1.29, 1.82) is 0 Å². The van der Waals surface area contributed by atoms with E-state index in [4.69, 9.17) is 10.5 Å². The minimum absolute atomic E-state index is 0.187. The van der Waals surface area contributed by atoms with Crippen molar-refractivity contribution in [3.05, 3.63) is 84.1 Å². The maximum absolute atomic E-state index is 12.0. The molecule has 3 aromatic carbocycles. The van der Waals surface area contributed by atoms with Crippen molar-refractivity contribution in [2.45, 2.75) is 18.9 Å². The molecule has 0 radical (unpaired) electrons. The summed E-state index contributed by atoms with van der Waals surface area (Å²) < 4.78 is 7.53. The number of carbonyl (C=O) groups excluding carboxylic acids is 1. The van der Waals surface area contributed by atoms with E-state index >= 15 is 0 Å². The Morgan fingerprint density at radius 1 is 0.903 bits per heavy atom. The highest BCUT2D eigenvalue weighted by atomic mass is 16.5. The zero-order chi connectivity index (χ0) is 21.5. The van der Waals surface area contributed by atoms with Crippen LogP contribution in [-0.4, -0.2) is 27.7 Å². The van der Waals surface area contributed by atoms with Crippen molar-refractivity contribution in [1.82, 2.24) is 4.57 Å². The predicted octanol–water partition coefficient (Wildman–Crippen LogP) is 4.64. The second-order valence-corrected chi connectivity index (χ2v) is 7.70. The lowest BCUT2D eigenvalue weighted by Gasteiger charge is -2.11. The van der Waals surface area contributed by atoms with Gasteiger partial charge in [0.2, 0.25) is 5.91 Å². The lowest BCUT2D eigenvalue weighted by atomic mass is 10.0. The highest BCUT2D eigenvalue weighted by Crippen LogP contribution is 2.31. The second kappa shape index (κ2) is 7.32. The minimum Gasteiger partial charge on any atom is -0.490 e. The molecule has 3 N–H and O–H groups in total. The van der Waals surface area contributed by atoms with Crippen LogP contribution in [0.5, 0.6) is 5.75 Å². The van der Waals surface area contributed by atoms with Crippen LogP contribution in [0.25, 0.3) is 27.7 Å². The largest absolute Gasteiger partial charge is 0.490 e. The van der Waals surface area contributed by atoms with Gasteiger partial charge < -0.3 is 20.1 Å². The van der Waals surface area contributed by atoms with Crippen LogP contribution in [0.4, 0.5) is 0 Å². The summed E-state index contributed by atoms with van der Waals surface area (Å²) in [7, 11) is 0. The summed E-state index contributed by atoms with van der Waals surface area (Å²) in [6, 6.07) is 22.0. The van der Waals surface area contributed by atoms with Crippen LogP contribution >= 0.6 is 0 Å². The molecule has 0 spiro atoms. The number of rotatable bonds is 6. The zero-order valence-corrected chi connectivity index (χ0v) is 16.6. The van der Waals surface area contributed by atoms with E-state index in [0.717, 1.165) is 46.3 Å². The number of hydrogen-bond acceptors (Lipinski definition) is 3. The lowest BCUT2D eigenvalue weighted by Crippen LogP contribution is -2.10. The van der Waals surface area contributed by atoms with Crippen LogP contribution in [0.15, 0.2) is 72.8 Å². The number of amides is 1. The Kier molecular flexibility index (Phi) is 4.47. The molecule has 31 heavy (non-hydrogen) atoms. The third-order valence-corrected chi connectivity index (χ3v) is 5.45. The molecule has 4 aromatic rings. The van der Waals surface area contributed by atoms with Gasteiger partial charge in [-0.2, -0.15) is 0 Å². The fourth-order valence-corrected chi connectivity index (χ4v) is 3.71. The van der Waals surface area contributed by atoms with Crippen LogP contribution in [0, 0.1) is 0 Å². The van der Waals surface area contributed by atoms with Gasteiger partial charge in [-0.15, -0.1) is 0 Å².